The topological polar surface area (TPSA) is 66.0 Å². The van der Waals surface area contributed by atoms with Crippen molar-refractivity contribution in [2.45, 2.75) is 19.2 Å². The van der Waals surface area contributed by atoms with Crippen molar-refractivity contribution in [3.63, 3.8) is 0 Å². The predicted molar refractivity (Wildman–Crippen MR) is 71.3 cm³/mol. The summed E-state index contributed by atoms with van der Waals surface area (Å²) in [5.41, 5.74) is -0.516. The Kier molecular flexibility index (Phi) is 5.97. The lowest BCUT2D eigenvalue weighted by molar-refractivity contribution is -0.341. The second-order valence-corrected chi connectivity index (χ2v) is 4.47. The third-order valence-corrected chi connectivity index (χ3v) is 2.80. The van der Waals surface area contributed by atoms with Crippen LogP contribution in [-0.4, -0.2) is 13.2 Å². The molecule has 0 atom stereocenters. The molecule has 0 saturated heterocycles. The minimum Gasteiger partial charge on any atom is -0.467 e. The van der Waals surface area contributed by atoms with E-state index in [1.807, 2.05) is 12.1 Å². The fourth-order valence-electron chi connectivity index (χ4n) is 1.73. The number of halogens is 3. The number of rotatable bonds is 7. The number of allylic oxidation sites excluding steroid dienone is 1. The quantitative estimate of drug-likeness (QED) is 0.569. The maximum Gasteiger partial charge on any atom is 0.525 e. The van der Waals surface area contributed by atoms with Crippen molar-refractivity contribution in [2.24, 2.45) is 5.41 Å². The van der Waals surface area contributed by atoms with E-state index in [-0.39, 0.29) is 18.6 Å². The van der Waals surface area contributed by atoms with E-state index in [1.54, 1.807) is 12.1 Å². The van der Waals surface area contributed by atoms with Gasteiger partial charge in [0.25, 0.3) is 0 Å². The molecule has 4 nitrogen and oxygen atoms in total. The largest absolute Gasteiger partial charge is 0.525 e. The molecule has 0 unspecified atom stereocenters. The molecule has 0 radical (unpaired) electrons. The third-order valence-electron chi connectivity index (χ3n) is 2.80. The van der Waals surface area contributed by atoms with Crippen molar-refractivity contribution in [3.05, 3.63) is 42.5 Å². The van der Waals surface area contributed by atoms with Crippen LogP contribution in [0.15, 0.2) is 36.9 Å². The minimum absolute atomic E-state index is 0.186. The highest BCUT2D eigenvalue weighted by molar-refractivity contribution is 5.31. The standard InChI is InChI=1S/C15H13F3N2O2/c1-2-7-14(9-19,10-20)8-12-3-5-13(6-4-12)21-11-22-15(16,17)18/h2-6H,1,7-8,11H2. The number of alkyl halides is 3. The lowest BCUT2D eigenvalue weighted by Gasteiger charge is -2.16. The zero-order valence-electron chi connectivity index (χ0n) is 11.6. The van der Waals surface area contributed by atoms with E-state index in [0.717, 1.165) is 0 Å². The Labute approximate surface area is 126 Å². The Bertz CT molecular complexity index is 569. The van der Waals surface area contributed by atoms with Crippen LogP contribution in [0.2, 0.25) is 0 Å². The van der Waals surface area contributed by atoms with Crippen LogP contribution in [0.5, 0.6) is 5.75 Å². The van der Waals surface area contributed by atoms with Gasteiger partial charge >= 0.3 is 6.36 Å². The maximum absolute atomic E-state index is 11.8. The molecule has 0 amide bonds. The summed E-state index contributed by atoms with van der Waals surface area (Å²) in [5.74, 6) is 0.191. The highest BCUT2D eigenvalue weighted by atomic mass is 19.4. The van der Waals surface area contributed by atoms with Crippen LogP contribution in [0.3, 0.4) is 0 Å². The minimum atomic E-state index is -4.75. The van der Waals surface area contributed by atoms with Crippen molar-refractivity contribution in [1.29, 1.82) is 10.5 Å². The van der Waals surface area contributed by atoms with Crippen LogP contribution in [0.4, 0.5) is 13.2 Å². The average Bonchev–Trinajstić information content (AvgIpc) is 2.47. The molecule has 1 rings (SSSR count). The predicted octanol–water partition coefficient (Wildman–Crippen LogP) is 3.71. The van der Waals surface area contributed by atoms with Crippen LogP contribution < -0.4 is 4.74 Å². The van der Waals surface area contributed by atoms with Crippen LogP contribution >= 0.6 is 0 Å². The molecule has 0 fully saturated rings. The third kappa shape index (κ3) is 5.47. The first-order chi connectivity index (χ1) is 10.3. The first-order valence-corrected chi connectivity index (χ1v) is 6.20. The van der Waals surface area contributed by atoms with Crippen molar-refractivity contribution in [3.8, 4) is 17.9 Å². The van der Waals surface area contributed by atoms with Gasteiger partial charge in [0.1, 0.15) is 5.75 Å². The first kappa shape index (κ1) is 17.5. The summed E-state index contributed by atoms with van der Waals surface area (Å²) in [6.45, 7) is 2.58. The SMILES string of the molecule is C=CCC(C#N)(C#N)Cc1ccc(OCOC(F)(F)F)cc1. The summed E-state index contributed by atoms with van der Waals surface area (Å²) >= 11 is 0. The zero-order valence-corrected chi connectivity index (χ0v) is 11.6. The Morgan fingerprint density at radius 2 is 1.73 bits per heavy atom. The van der Waals surface area contributed by atoms with Crippen LogP contribution in [0, 0.1) is 28.1 Å². The van der Waals surface area contributed by atoms with Gasteiger partial charge in [-0.1, -0.05) is 18.2 Å². The zero-order chi connectivity index (χ0) is 16.6. The van der Waals surface area contributed by atoms with Crippen molar-refractivity contribution in [2.75, 3.05) is 6.79 Å². The highest BCUT2D eigenvalue weighted by Crippen LogP contribution is 2.27. The molecule has 0 aliphatic carbocycles. The molecular weight excluding hydrogens is 297 g/mol. The Morgan fingerprint density at radius 3 is 2.18 bits per heavy atom. The monoisotopic (exact) mass is 310 g/mol. The van der Waals surface area contributed by atoms with Gasteiger partial charge in [-0.05, 0) is 24.1 Å². The summed E-state index contributed by atoms with van der Waals surface area (Å²) in [7, 11) is 0. The van der Waals surface area contributed by atoms with E-state index in [4.69, 9.17) is 15.3 Å². The van der Waals surface area contributed by atoms with Crippen LogP contribution in [0.25, 0.3) is 0 Å². The summed E-state index contributed by atoms with van der Waals surface area (Å²) in [6.07, 6.45) is -2.84. The molecule has 1 aromatic rings. The molecule has 0 bridgehead atoms. The number of nitrogens with zero attached hydrogens (tertiary/aromatic N) is 2. The van der Waals surface area contributed by atoms with Gasteiger partial charge in [-0.15, -0.1) is 19.8 Å². The molecule has 1 aromatic carbocycles. The highest BCUT2D eigenvalue weighted by Gasteiger charge is 2.30. The van der Waals surface area contributed by atoms with E-state index >= 15 is 0 Å². The van der Waals surface area contributed by atoms with E-state index in [9.17, 15) is 13.2 Å². The smallest absolute Gasteiger partial charge is 0.467 e. The van der Waals surface area contributed by atoms with Crippen LogP contribution in [0.1, 0.15) is 12.0 Å². The second kappa shape index (κ2) is 7.48. The van der Waals surface area contributed by atoms with Gasteiger partial charge in [-0.2, -0.15) is 10.5 Å². The van der Waals surface area contributed by atoms with E-state index < -0.39 is 18.6 Å². The van der Waals surface area contributed by atoms with Crippen molar-refractivity contribution in [1.82, 2.24) is 0 Å². The Hall–Kier alpha value is -2.51. The Morgan fingerprint density at radius 1 is 1.14 bits per heavy atom. The molecule has 0 heterocycles. The van der Waals surface area contributed by atoms with Gasteiger partial charge in [0.2, 0.25) is 0 Å². The molecule has 7 heteroatoms. The second-order valence-electron chi connectivity index (χ2n) is 4.47. The van der Waals surface area contributed by atoms with Gasteiger partial charge in [-0.25, -0.2) is 0 Å². The van der Waals surface area contributed by atoms with E-state index in [2.05, 4.69) is 11.3 Å². The number of benzene rings is 1. The van der Waals surface area contributed by atoms with E-state index in [1.165, 1.54) is 18.2 Å². The lowest BCUT2D eigenvalue weighted by Crippen LogP contribution is -2.18. The summed E-state index contributed by atoms with van der Waals surface area (Å²) in [5, 5.41) is 18.3. The number of nitriles is 2. The van der Waals surface area contributed by atoms with Crippen molar-refractivity contribution >= 4 is 0 Å². The molecule has 0 aliphatic heterocycles. The summed E-state index contributed by atoms with van der Waals surface area (Å²) < 4.78 is 43.6. The normalized spacial score (nSPS) is 11.3. The number of ether oxygens (including phenoxy) is 2. The van der Waals surface area contributed by atoms with E-state index in [0.29, 0.717) is 5.56 Å². The van der Waals surface area contributed by atoms with Gasteiger partial charge in [0, 0.05) is 6.42 Å². The molecule has 0 aromatic heterocycles. The molecule has 0 aliphatic rings. The molecule has 0 spiro atoms. The molecule has 116 valence electrons. The van der Waals surface area contributed by atoms with Gasteiger partial charge in [0.05, 0.1) is 12.1 Å². The lowest BCUT2D eigenvalue weighted by atomic mass is 9.81. The van der Waals surface area contributed by atoms with Crippen molar-refractivity contribution < 1.29 is 22.6 Å². The van der Waals surface area contributed by atoms with Gasteiger partial charge in [0.15, 0.2) is 12.2 Å². The summed E-state index contributed by atoms with van der Waals surface area (Å²) in [6, 6.07) is 9.99. The van der Waals surface area contributed by atoms with Gasteiger partial charge < -0.3 is 4.74 Å². The molecule has 22 heavy (non-hydrogen) atoms. The molecular formula is C15H13F3N2O2. The van der Waals surface area contributed by atoms with Crippen LogP contribution in [-0.2, 0) is 11.2 Å². The van der Waals surface area contributed by atoms with Gasteiger partial charge in [-0.3, -0.25) is 4.74 Å². The average molecular weight is 310 g/mol. The summed E-state index contributed by atoms with van der Waals surface area (Å²) in [4.78, 5) is 0. The maximum atomic E-state index is 11.8. The number of hydrogen-bond acceptors (Lipinski definition) is 4. The number of hydrogen-bond donors (Lipinski definition) is 0. The fourth-order valence-corrected chi connectivity index (χ4v) is 1.73. The Balaban J connectivity index is 2.67. The molecule has 0 N–H and O–H groups in total. The molecule has 0 saturated carbocycles. The first-order valence-electron chi connectivity index (χ1n) is 6.20. The fraction of sp³-hybridized carbons (Fsp3) is 0.333.